The van der Waals surface area contributed by atoms with Crippen molar-refractivity contribution in [2.45, 2.75) is 25.2 Å². The number of hydrogen-bond donors (Lipinski definition) is 4. The zero-order valence-corrected chi connectivity index (χ0v) is 18.0. The normalized spacial score (nSPS) is 16.2. The van der Waals surface area contributed by atoms with Crippen LogP contribution in [0.3, 0.4) is 0 Å². The van der Waals surface area contributed by atoms with E-state index in [0.29, 0.717) is 28.3 Å². The molecule has 1 unspecified atom stereocenters. The highest BCUT2D eigenvalue weighted by atomic mass is 32.1. The lowest BCUT2D eigenvalue weighted by atomic mass is 10.1. The van der Waals surface area contributed by atoms with Gasteiger partial charge in [-0.2, -0.15) is 0 Å². The minimum absolute atomic E-state index is 0.147. The number of aromatic nitrogens is 3. The molecule has 5 rings (SSSR count). The summed E-state index contributed by atoms with van der Waals surface area (Å²) in [4.78, 5) is 16.7. The van der Waals surface area contributed by atoms with Crippen molar-refractivity contribution < 1.29 is 15.3 Å². The number of rotatable bonds is 6. The summed E-state index contributed by atoms with van der Waals surface area (Å²) >= 11 is 1.42. The van der Waals surface area contributed by atoms with Gasteiger partial charge in [-0.05, 0) is 37.1 Å². The van der Waals surface area contributed by atoms with Gasteiger partial charge in [-0.25, -0.2) is 15.0 Å². The van der Waals surface area contributed by atoms with Crippen molar-refractivity contribution in [2.24, 2.45) is 0 Å². The Morgan fingerprint density at radius 3 is 2.84 bits per heavy atom. The Labute approximate surface area is 188 Å². The van der Waals surface area contributed by atoms with Crippen LogP contribution in [0.1, 0.15) is 24.7 Å². The molecule has 0 bridgehead atoms. The third-order valence-corrected chi connectivity index (χ3v) is 6.39. The molecule has 9 heteroatoms. The Balaban J connectivity index is 1.51. The molecule has 0 spiro atoms. The second-order valence-corrected chi connectivity index (χ2v) is 8.58. The number of aliphatic hydroxyl groups is 3. The highest BCUT2D eigenvalue weighted by Crippen LogP contribution is 2.32. The van der Waals surface area contributed by atoms with Crippen LogP contribution in [-0.4, -0.2) is 49.5 Å². The van der Waals surface area contributed by atoms with Crippen molar-refractivity contribution in [3.8, 4) is 11.4 Å². The molecule has 8 nitrogen and oxygen atoms in total. The molecular weight excluding hydrogens is 426 g/mol. The van der Waals surface area contributed by atoms with Crippen LogP contribution in [0.2, 0.25) is 0 Å². The van der Waals surface area contributed by atoms with Crippen LogP contribution in [0.25, 0.3) is 21.7 Å². The largest absolute Gasteiger partial charge is 0.394 e. The van der Waals surface area contributed by atoms with Crippen molar-refractivity contribution in [3.05, 3.63) is 59.6 Å². The van der Waals surface area contributed by atoms with Gasteiger partial charge >= 0.3 is 0 Å². The highest BCUT2D eigenvalue weighted by Gasteiger charge is 2.24. The van der Waals surface area contributed by atoms with E-state index in [4.69, 9.17) is 4.98 Å². The molecule has 0 amide bonds. The molecule has 0 aliphatic carbocycles. The molecule has 2 aromatic carbocycles. The van der Waals surface area contributed by atoms with Gasteiger partial charge in [0.15, 0.2) is 17.9 Å². The minimum atomic E-state index is -1.56. The van der Waals surface area contributed by atoms with E-state index in [1.165, 1.54) is 11.3 Å². The Kier molecular flexibility index (Phi) is 5.71. The molecule has 32 heavy (non-hydrogen) atoms. The maximum atomic E-state index is 9.68. The van der Waals surface area contributed by atoms with Crippen LogP contribution in [0.5, 0.6) is 0 Å². The number of hydrogen-bond acceptors (Lipinski definition) is 9. The molecule has 4 N–H and O–H groups in total. The number of aliphatic hydroxyl groups excluding tert-OH is 2. The summed E-state index contributed by atoms with van der Waals surface area (Å²) < 4.78 is 0. The Morgan fingerprint density at radius 2 is 2.00 bits per heavy atom. The number of nitrogens with zero attached hydrogens (tertiary/aromatic N) is 4. The fraction of sp³-hybridized carbons (Fsp3) is 0.261. The monoisotopic (exact) mass is 449 g/mol. The molecule has 3 heterocycles. The van der Waals surface area contributed by atoms with Crippen molar-refractivity contribution in [2.75, 3.05) is 23.4 Å². The first-order valence-corrected chi connectivity index (χ1v) is 11.3. The minimum Gasteiger partial charge on any atom is -0.394 e. The SMILES string of the molecule is OCC1CCCN1c1cccc(Nc2nc(-c3cccc(C(O)O)c3)nc3scnc23)c1. The molecule has 0 radical (unpaired) electrons. The summed E-state index contributed by atoms with van der Waals surface area (Å²) in [5.41, 5.74) is 5.39. The first-order valence-electron chi connectivity index (χ1n) is 10.4. The average Bonchev–Trinajstić information content (AvgIpc) is 3.49. The van der Waals surface area contributed by atoms with Crippen molar-refractivity contribution in [1.82, 2.24) is 15.0 Å². The number of thiazole rings is 1. The Hall–Kier alpha value is -3.11. The predicted molar refractivity (Wildman–Crippen MR) is 125 cm³/mol. The van der Waals surface area contributed by atoms with Gasteiger partial charge in [0.05, 0.1) is 18.2 Å². The fourth-order valence-electron chi connectivity index (χ4n) is 4.08. The zero-order chi connectivity index (χ0) is 22.1. The summed E-state index contributed by atoms with van der Waals surface area (Å²) in [5.74, 6) is 1.06. The van der Waals surface area contributed by atoms with E-state index in [2.05, 4.69) is 32.3 Å². The van der Waals surface area contributed by atoms with E-state index in [1.807, 2.05) is 18.2 Å². The van der Waals surface area contributed by atoms with Crippen molar-refractivity contribution in [1.29, 1.82) is 0 Å². The van der Waals surface area contributed by atoms with Crippen molar-refractivity contribution in [3.63, 3.8) is 0 Å². The Bertz CT molecular complexity index is 1250. The number of nitrogens with one attached hydrogen (secondary N) is 1. The van der Waals surface area contributed by atoms with Gasteiger partial charge in [0, 0.05) is 29.0 Å². The molecule has 164 valence electrons. The molecule has 1 aliphatic heterocycles. The van der Waals surface area contributed by atoms with E-state index >= 15 is 0 Å². The van der Waals surface area contributed by atoms with Crippen LogP contribution in [0.4, 0.5) is 17.2 Å². The molecule has 2 aromatic heterocycles. The van der Waals surface area contributed by atoms with Gasteiger partial charge in [-0.3, -0.25) is 0 Å². The van der Waals surface area contributed by atoms with Gasteiger partial charge in [-0.1, -0.05) is 24.3 Å². The van der Waals surface area contributed by atoms with E-state index in [0.717, 1.165) is 35.6 Å². The summed E-state index contributed by atoms with van der Waals surface area (Å²) in [6.07, 6.45) is 0.500. The van der Waals surface area contributed by atoms with E-state index < -0.39 is 6.29 Å². The number of anilines is 3. The second-order valence-electron chi connectivity index (χ2n) is 7.75. The van der Waals surface area contributed by atoms with Gasteiger partial charge in [-0.15, -0.1) is 11.3 Å². The van der Waals surface area contributed by atoms with Crippen LogP contribution >= 0.6 is 11.3 Å². The lowest BCUT2D eigenvalue weighted by Crippen LogP contribution is -2.31. The lowest BCUT2D eigenvalue weighted by Gasteiger charge is -2.25. The fourth-order valence-corrected chi connectivity index (χ4v) is 4.74. The third-order valence-electron chi connectivity index (χ3n) is 5.67. The summed E-state index contributed by atoms with van der Waals surface area (Å²) in [6.45, 7) is 1.07. The van der Waals surface area contributed by atoms with E-state index in [9.17, 15) is 15.3 Å². The van der Waals surface area contributed by atoms with Gasteiger partial charge in [0.2, 0.25) is 0 Å². The quantitative estimate of drug-likeness (QED) is 0.331. The maximum Gasteiger partial charge on any atom is 0.178 e. The van der Waals surface area contributed by atoms with Crippen LogP contribution in [0, 0.1) is 0 Å². The smallest absolute Gasteiger partial charge is 0.178 e. The third kappa shape index (κ3) is 4.03. The molecule has 1 fully saturated rings. The molecule has 1 saturated heterocycles. The van der Waals surface area contributed by atoms with Gasteiger partial charge < -0.3 is 25.5 Å². The standard InChI is InChI=1S/C23H23N5O3S/c29-12-18-8-3-9-28(18)17-7-2-6-16(11-17)25-21-19-22(32-13-24-19)27-20(26-21)14-4-1-5-15(10-14)23(30)31/h1-2,4-7,10-11,13,18,23,29-31H,3,8-9,12H2,(H,25,26,27). The summed E-state index contributed by atoms with van der Waals surface area (Å²) in [6, 6.07) is 15.1. The van der Waals surface area contributed by atoms with Crippen LogP contribution in [-0.2, 0) is 0 Å². The number of fused-ring (bicyclic) bond motifs is 1. The molecule has 0 saturated carbocycles. The van der Waals surface area contributed by atoms with Gasteiger partial charge in [0.25, 0.3) is 0 Å². The summed E-state index contributed by atoms with van der Waals surface area (Å²) in [5, 5.41) is 32.1. The van der Waals surface area contributed by atoms with E-state index in [-0.39, 0.29) is 12.6 Å². The second kappa shape index (κ2) is 8.79. The zero-order valence-electron chi connectivity index (χ0n) is 17.2. The average molecular weight is 450 g/mol. The molecular formula is C23H23N5O3S. The van der Waals surface area contributed by atoms with Crippen molar-refractivity contribution >= 4 is 38.9 Å². The van der Waals surface area contributed by atoms with E-state index in [1.54, 1.807) is 23.7 Å². The molecule has 4 aromatic rings. The molecule has 1 aliphatic rings. The summed E-state index contributed by atoms with van der Waals surface area (Å²) in [7, 11) is 0. The number of benzene rings is 2. The molecule has 1 atom stereocenters. The first kappa shape index (κ1) is 20.8. The Morgan fingerprint density at radius 1 is 1.12 bits per heavy atom. The maximum absolute atomic E-state index is 9.68. The predicted octanol–water partition coefficient (Wildman–Crippen LogP) is 3.44. The van der Waals surface area contributed by atoms with Crippen LogP contribution in [0.15, 0.2) is 54.0 Å². The lowest BCUT2D eigenvalue weighted by molar-refractivity contribution is -0.0424. The topological polar surface area (TPSA) is 115 Å². The van der Waals surface area contributed by atoms with Gasteiger partial charge in [0.1, 0.15) is 10.3 Å². The first-order chi connectivity index (χ1) is 15.6. The van der Waals surface area contributed by atoms with Crippen LogP contribution < -0.4 is 10.2 Å². The highest BCUT2D eigenvalue weighted by molar-refractivity contribution is 7.16.